The van der Waals surface area contributed by atoms with Gasteiger partial charge in [-0.15, -0.1) is 0 Å². The molecule has 0 saturated carbocycles. The maximum Gasteiger partial charge on any atom is 0.0486 e. The zero-order valence-electron chi connectivity index (χ0n) is 13.2. The maximum atomic E-state index is 2.40. The molecule has 0 N–H and O–H groups in total. The number of nitrogens with zero attached hydrogens (tertiary/aromatic N) is 2. The summed E-state index contributed by atoms with van der Waals surface area (Å²) in [6.07, 6.45) is 2.24. The Kier molecular flexibility index (Phi) is 5.13. The van der Waals surface area contributed by atoms with Gasteiger partial charge < -0.3 is 4.57 Å². The zero-order chi connectivity index (χ0) is 14.9. The number of benzene rings is 1. The van der Waals surface area contributed by atoms with Crippen LogP contribution in [0.2, 0.25) is 0 Å². The smallest absolute Gasteiger partial charge is 0.0486 e. The third-order valence-corrected chi connectivity index (χ3v) is 4.36. The molecular weight excluding hydrogens is 359 g/mol. The maximum absolute atomic E-state index is 2.40. The molecule has 1 aromatic carbocycles. The molecule has 0 atom stereocenters. The normalized spacial score (nSPS) is 12.2. The van der Waals surface area contributed by atoms with Crippen LogP contribution in [0.15, 0.2) is 24.4 Å². The number of hydrogen-bond donors (Lipinski definition) is 0. The second-order valence-corrected chi connectivity index (χ2v) is 7.84. The lowest BCUT2D eigenvalue weighted by molar-refractivity contribution is 0.547. The molecule has 0 aliphatic carbocycles. The van der Waals surface area contributed by atoms with Crippen molar-refractivity contribution in [2.45, 2.75) is 46.1 Å². The minimum absolute atomic E-state index is 0.569. The van der Waals surface area contributed by atoms with E-state index in [4.69, 9.17) is 0 Å². The Morgan fingerprint density at radius 2 is 1.85 bits per heavy atom. The highest BCUT2D eigenvalue weighted by atomic mass is 127. The molecule has 1 aromatic heterocycles. The van der Waals surface area contributed by atoms with Gasteiger partial charge in [0.15, 0.2) is 0 Å². The molecule has 0 unspecified atom stereocenters. The van der Waals surface area contributed by atoms with Crippen molar-refractivity contribution in [2.24, 2.45) is 0 Å². The molecule has 110 valence electrons. The third-order valence-electron chi connectivity index (χ3n) is 3.88. The monoisotopic (exact) mass is 384 g/mol. The molecule has 2 aromatic rings. The predicted molar refractivity (Wildman–Crippen MR) is 96.8 cm³/mol. The first kappa shape index (κ1) is 15.8. The minimum atomic E-state index is 0.569. The third kappa shape index (κ3) is 3.37. The molecule has 0 fully saturated rings. The molecule has 3 heteroatoms. The molecule has 2 nitrogen and oxygen atoms in total. The Morgan fingerprint density at radius 3 is 2.40 bits per heavy atom. The molecule has 0 amide bonds. The Morgan fingerprint density at radius 1 is 1.15 bits per heavy atom. The first-order valence-electron chi connectivity index (χ1n) is 7.39. The van der Waals surface area contributed by atoms with Gasteiger partial charge in [-0.1, -0.05) is 33.8 Å². The van der Waals surface area contributed by atoms with Crippen LogP contribution >= 0.6 is 22.9 Å². The lowest BCUT2D eigenvalue weighted by Crippen LogP contribution is -2.12. The summed E-state index contributed by atoms with van der Waals surface area (Å²) in [5, 5.41) is 1.42. The highest BCUT2D eigenvalue weighted by Crippen LogP contribution is 2.30. The predicted octanol–water partition coefficient (Wildman–Crippen LogP) is 5.17. The van der Waals surface area contributed by atoms with Crippen molar-refractivity contribution in [3.63, 3.8) is 0 Å². The molecule has 2 rings (SSSR count). The van der Waals surface area contributed by atoms with Crippen LogP contribution in [0.25, 0.3) is 10.9 Å². The second kappa shape index (κ2) is 6.48. The highest BCUT2D eigenvalue weighted by molar-refractivity contribution is 14.1. The largest absolute Gasteiger partial charge is 0.346 e. The van der Waals surface area contributed by atoms with Gasteiger partial charge in [-0.25, -0.2) is 3.11 Å². The van der Waals surface area contributed by atoms with Crippen molar-refractivity contribution in [3.05, 3.63) is 35.5 Å². The van der Waals surface area contributed by atoms with E-state index < -0.39 is 0 Å². The zero-order valence-corrected chi connectivity index (χ0v) is 15.3. The van der Waals surface area contributed by atoms with Gasteiger partial charge in [0.2, 0.25) is 0 Å². The summed E-state index contributed by atoms with van der Waals surface area (Å²) in [5.41, 5.74) is 4.31. The fourth-order valence-corrected chi connectivity index (χ4v) is 2.81. The van der Waals surface area contributed by atoms with Crippen LogP contribution in [-0.4, -0.2) is 21.3 Å². The fourth-order valence-electron chi connectivity index (χ4n) is 2.60. The van der Waals surface area contributed by atoms with Gasteiger partial charge in [-0.3, -0.25) is 0 Å². The molecular formula is C17H25IN2. The average Bonchev–Trinajstić information content (AvgIpc) is 2.77. The van der Waals surface area contributed by atoms with Crippen LogP contribution in [0.4, 0.5) is 0 Å². The highest BCUT2D eigenvalue weighted by Gasteiger charge is 2.12. The summed E-state index contributed by atoms with van der Waals surface area (Å²) in [4.78, 5) is 0. The summed E-state index contributed by atoms with van der Waals surface area (Å²) >= 11 is 2.35. The van der Waals surface area contributed by atoms with Crippen molar-refractivity contribution in [1.29, 1.82) is 0 Å². The molecule has 0 aliphatic heterocycles. The average molecular weight is 384 g/mol. The van der Waals surface area contributed by atoms with Crippen molar-refractivity contribution >= 4 is 33.8 Å². The second-order valence-electron chi connectivity index (χ2n) is 6.19. The molecule has 0 radical (unpaired) electrons. The van der Waals surface area contributed by atoms with E-state index in [1.54, 1.807) is 0 Å². The van der Waals surface area contributed by atoms with E-state index in [1.165, 1.54) is 22.0 Å². The molecule has 0 aliphatic rings. The van der Waals surface area contributed by atoms with E-state index in [0.717, 1.165) is 13.1 Å². The topological polar surface area (TPSA) is 8.17 Å². The molecule has 1 heterocycles. The summed E-state index contributed by atoms with van der Waals surface area (Å²) in [6.45, 7) is 11.2. The van der Waals surface area contributed by atoms with Gasteiger partial charge in [-0.05, 0) is 42.1 Å². The number of rotatable bonds is 5. The number of hydrogen-bond acceptors (Lipinski definition) is 1. The minimum Gasteiger partial charge on any atom is -0.346 e. The van der Waals surface area contributed by atoms with E-state index in [0.29, 0.717) is 11.8 Å². The molecule has 20 heavy (non-hydrogen) atoms. The van der Waals surface area contributed by atoms with Gasteiger partial charge in [0.05, 0.1) is 0 Å². The van der Waals surface area contributed by atoms with Crippen molar-refractivity contribution < 1.29 is 0 Å². The molecule has 0 bridgehead atoms. The van der Waals surface area contributed by atoms with Crippen molar-refractivity contribution in [3.8, 4) is 0 Å². The van der Waals surface area contributed by atoms with Gasteiger partial charge >= 0.3 is 0 Å². The summed E-state index contributed by atoms with van der Waals surface area (Å²) in [7, 11) is 2.12. The number of likely N-dealkylation sites (N-methyl/N-ethyl adjacent to an activating group) is 1. The van der Waals surface area contributed by atoms with Crippen LogP contribution in [0.3, 0.4) is 0 Å². The van der Waals surface area contributed by atoms with Crippen LogP contribution in [0, 0.1) is 0 Å². The molecule has 0 spiro atoms. The lowest BCUT2D eigenvalue weighted by Gasteiger charge is -2.15. The van der Waals surface area contributed by atoms with Crippen LogP contribution in [-0.2, 0) is 6.54 Å². The molecule has 0 saturated heterocycles. The standard InChI is InChI=1S/C17H25IN2/c1-12(2)14-10-16(13(3)4)15-6-7-20(17(15)11-14)9-8-19(5)18/h6-7,10-13H,8-9H2,1-5H3. The Bertz CT molecular complexity index is 582. The quantitative estimate of drug-likeness (QED) is 0.510. The first-order chi connectivity index (χ1) is 9.40. The van der Waals surface area contributed by atoms with E-state index >= 15 is 0 Å². The van der Waals surface area contributed by atoms with Gasteiger partial charge in [0.25, 0.3) is 0 Å². The van der Waals surface area contributed by atoms with E-state index in [1.807, 2.05) is 0 Å². The van der Waals surface area contributed by atoms with Crippen LogP contribution in [0.1, 0.15) is 50.7 Å². The number of halogens is 1. The van der Waals surface area contributed by atoms with Crippen LogP contribution in [0.5, 0.6) is 0 Å². The Balaban J connectivity index is 2.52. The number of fused-ring (bicyclic) bond motifs is 1. The Labute approximate surface area is 136 Å². The van der Waals surface area contributed by atoms with E-state index in [9.17, 15) is 0 Å². The Hall–Kier alpha value is -0.550. The summed E-state index contributed by atoms with van der Waals surface area (Å²) in [5.74, 6) is 1.15. The van der Waals surface area contributed by atoms with Crippen molar-refractivity contribution in [2.75, 3.05) is 13.6 Å². The summed E-state index contributed by atoms with van der Waals surface area (Å²) < 4.78 is 4.60. The van der Waals surface area contributed by atoms with Crippen molar-refractivity contribution in [1.82, 2.24) is 7.68 Å². The first-order valence-corrected chi connectivity index (χ1v) is 8.36. The number of aromatic nitrogens is 1. The van der Waals surface area contributed by atoms with E-state index in [-0.39, 0.29) is 0 Å². The lowest BCUT2D eigenvalue weighted by atomic mass is 9.93. The fraction of sp³-hybridized carbons (Fsp3) is 0.529. The van der Waals surface area contributed by atoms with Gasteiger partial charge in [-0.2, -0.15) is 0 Å². The van der Waals surface area contributed by atoms with E-state index in [2.05, 4.69) is 89.7 Å². The van der Waals surface area contributed by atoms with Gasteiger partial charge in [0.1, 0.15) is 0 Å². The van der Waals surface area contributed by atoms with Crippen LogP contribution < -0.4 is 0 Å². The van der Waals surface area contributed by atoms with Gasteiger partial charge in [0, 0.05) is 53.1 Å². The summed E-state index contributed by atoms with van der Waals surface area (Å²) in [6, 6.07) is 7.05. The SMILES string of the molecule is CC(C)c1cc(C(C)C)c2ccn(CCN(C)I)c2c1.